The molecular formula is C58H83F2N5O4S2. The van der Waals surface area contributed by atoms with Crippen molar-refractivity contribution < 1.29 is 27.9 Å². The summed E-state index contributed by atoms with van der Waals surface area (Å²) in [4.78, 5) is 58.4. The predicted molar refractivity (Wildman–Crippen MR) is 287 cm³/mol. The highest BCUT2D eigenvalue weighted by Crippen LogP contribution is 2.44. The summed E-state index contributed by atoms with van der Waals surface area (Å²) >= 11 is 3.69. The highest BCUT2D eigenvalue weighted by Gasteiger charge is 2.36. The molecule has 2 fully saturated rings. The number of alkyl halides is 2. The Balaban J connectivity index is 0.000000209. The average molecular weight is 1020 g/mol. The Labute approximate surface area is 432 Å². The van der Waals surface area contributed by atoms with Crippen LogP contribution in [0.1, 0.15) is 180 Å². The van der Waals surface area contributed by atoms with Crippen molar-refractivity contribution in [1.82, 2.24) is 24.6 Å². The summed E-state index contributed by atoms with van der Waals surface area (Å²) in [5.74, 6) is 2.92. The van der Waals surface area contributed by atoms with Crippen molar-refractivity contribution in [2.75, 3.05) is 66.0 Å². The first kappa shape index (κ1) is 55.0. The molecule has 13 heteroatoms. The summed E-state index contributed by atoms with van der Waals surface area (Å²) in [7, 11) is 1.65. The summed E-state index contributed by atoms with van der Waals surface area (Å²) in [6.45, 7) is 30.7. The van der Waals surface area contributed by atoms with E-state index in [1.807, 2.05) is 53.2 Å². The van der Waals surface area contributed by atoms with Gasteiger partial charge >= 0.3 is 0 Å². The minimum atomic E-state index is -1.15. The van der Waals surface area contributed by atoms with Gasteiger partial charge in [-0.15, -0.1) is 22.7 Å². The number of carbonyl (C=O) groups excluding carboxylic acids is 3. The zero-order chi connectivity index (χ0) is 51.7. The number of methoxy groups -OCH3 is 1. The number of rotatable bonds is 13. The summed E-state index contributed by atoms with van der Waals surface area (Å²) in [6, 6.07) is 2.06. The second kappa shape index (κ2) is 22.8. The number of carbonyl (C=O) groups is 3. The number of aryl methyl sites for hydroxylation is 4. The highest BCUT2D eigenvalue weighted by atomic mass is 32.1. The van der Waals surface area contributed by atoms with Gasteiger partial charge in [0, 0.05) is 75.5 Å². The number of allylic oxidation sites excluding steroid dienone is 3. The molecule has 8 rings (SSSR count). The summed E-state index contributed by atoms with van der Waals surface area (Å²) in [5.41, 5.74) is 7.70. The van der Waals surface area contributed by atoms with Crippen molar-refractivity contribution in [3.63, 3.8) is 0 Å². The van der Waals surface area contributed by atoms with Gasteiger partial charge in [0.1, 0.15) is 11.3 Å². The quantitative estimate of drug-likeness (QED) is 0.169. The van der Waals surface area contributed by atoms with Crippen LogP contribution in [-0.4, -0.2) is 120 Å². The van der Waals surface area contributed by atoms with Crippen molar-refractivity contribution in [2.45, 2.75) is 171 Å². The molecule has 0 unspecified atom stereocenters. The first-order chi connectivity index (χ1) is 33.4. The highest BCUT2D eigenvalue weighted by molar-refractivity contribution is 7.13. The molecule has 3 aromatic heterocycles. The molecule has 0 N–H and O–H groups in total. The normalized spacial score (nSPS) is 20.3. The minimum Gasteiger partial charge on any atom is -0.481 e. The lowest BCUT2D eigenvalue weighted by Gasteiger charge is -2.36. The zero-order valence-corrected chi connectivity index (χ0v) is 47.0. The fourth-order valence-corrected chi connectivity index (χ4v) is 15.2. The van der Waals surface area contributed by atoms with Crippen LogP contribution in [0.2, 0.25) is 0 Å². The zero-order valence-electron chi connectivity index (χ0n) is 45.3. The Morgan fingerprint density at radius 2 is 1.15 bits per heavy atom. The van der Waals surface area contributed by atoms with E-state index < -0.39 is 11.3 Å². The number of hydrogen-bond donors (Lipinski definition) is 0. The van der Waals surface area contributed by atoms with E-state index in [0.29, 0.717) is 68.7 Å². The van der Waals surface area contributed by atoms with Crippen molar-refractivity contribution in [3.05, 3.63) is 87.4 Å². The molecule has 2 atom stereocenters. The number of halogens is 2. The maximum Gasteiger partial charge on any atom is 0.255 e. The van der Waals surface area contributed by atoms with Gasteiger partial charge in [-0.2, -0.15) is 0 Å². The fourth-order valence-electron chi connectivity index (χ4n) is 12.2. The fraction of sp³-hybridized carbons (Fsp3) is 0.655. The van der Waals surface area contributed by atoms with E-state index in [0.717, 1.165) is 140 Å². The monoisotopic (exact) mass is 1020 g/mol. The predicted octanol–water partition coefficient (Wildman–Crippen LogP) is 12.5. The van der Waals surface area contributed by atoms with Gasteiger partial charge < -0.3 is 24.3 Å². The van der Waals surface area contributed by atoms with Gasteiger partial charge in [-0.05, 0) is 199 Å². The molecule has 0 bridgehead atoms. The van der Waals surface area contributed by atoms with Gasteiger partial charge in [0.2, 0.25) is 5.88 Å². The van der Waals surface area contributed by atoms with E-state index in [9.17, 15) is 23.2 Å². The standard InChI is InChI=1S/C29H42FN3O2S.C29H41FN2O2S/c1-18-15-19(2)31-27(35-7)23(18)16-33-12-8-9-24-25(28(33)34)21(4)26(36-24)20(3)22-10-13-32(14-11-22)17-29(5,6)30;1-18-14-19(2)23(24(33)15-18)16-32-11-7-8-25-26(28(32)34)21(4)27(35-25)20(3)22-9-12-31(13-10-22)17-29(5,6)30/h15,20,22H,8-14,16-17H2,1-7H3;14,20,22H,7-13,15-17H2,1-6H3/t2*20-/m11/s1. The number of ketones is 1. The third-order valence-corrected chi connectivity index (χ3v) is 19.0. The number of piperidine rings is 2. The Bertz CT molecular complexity index is 2490. The summed E-state index contributed by atoms with van der Waals surface area (Å²) in [5, 5.41) is 0. The van der Waals surface area contributed by atoms with E-state index in [1.165, 1.54) is 19.5 Å². The van der Waals surface area contributed by atoms with E-state index in [1.54, 1.807) is 34.8 Å². The Kier molecular flexibility index (Phi) is 17.6. The third kappa shape index (κ3) is 13.1. The molecule has 7 heterocycles. The molecule has 0 radical (unpaired) electrons. The van der Waals surface area contributed by atoms with Gasteiger partial charge in [0.25, 0.3) is 11.8 Å². The maximum atomic E-state index is 14.1. The molecule has 71 heavy (non-hydrogen) atoms. The topological polar surface area (TPSA) is 86.3 Å². The van der Waals surface area contributed by atoms with Gasteiger partial charge in [0.05, 0.1) is 24.8 Å². The van der Waals surface area contributed by atoms with Gasteiger partial charge in [-0.25, -0.2) is 13.8 Å². The number of likely N-dealkylation sites (tertiary alicyclic amines) is 2. The molecule has 3 aromatic rings. The van der Waals surface area contributed by atoms with Crippen molar-refractivity contribution in [2.24, 2.45) is 11.8 Å². The molecule has 0 saturated carbocycles. The van der Waals surface area contributed by atoms with Crippen LogP contribution in [0, 0.1) is 39.5 Å². The number of Topliss-reactive ketones (excluding diaryl/α,β-unsaturated/α-hetero) is 1. The Hall–Kier alpha value is -3.78. The Morgan fingerprint density at radius 3 is 1.58 bits per heavy atom. The van der Waals surface area contributed by atoms with Gasteiger partial charge in [0.15, 0.2) is 5.78 Å². The molecule has 2 saturated heterocycles. The molecule has 1 aliphatic carbocycles. The van der Waals surface area contributed by atoms with Crippen molar-refractivity contribution in [1.29, 1.82) is 0 Å². The third-order valence-electron chi connectivity index (χ3n) is 15.9. The molecular weight excluding hydrogens is 933 g/mol. The number of fused-ring (bicyclic) bond motifs is 2. The minimum absolute atomic E-state index is 0.0871. The molecule has 0 aromatic carbocycles. The lowest BCUT2D eigenvalue weighted by Crippen LogP contribution is -2.41. The first-order valence-electron chi connectivity index (χ1n) is 26.5. The number of hydrogen-bond acceptors (Lipinski definition) is 9. The second-order valence-corrected chi connectivity index (χ2v) is 25.3. The maximum absolute atomic E-state index is 14.1. The molecule has 390 valence electrons. The van der Waals surface area contributed by atoms with Crippen molar-refractivity contribution >= 4 is 40.3 Å². The SMILES string of the molecule is CC1=CC(C)=C(CN2CCCc3sc([C@H](C)C4CCN(CC(C)(C)F)CC4)c(C)c3C2=O)C(=O)C1.COc1nc(C)cc(C)c1CN1CCCc2sc([C@H](C)C3CCN(CC(C)(C)F)CC3)c(C)c2C1=O. The number of aromatic nitrogens is 1. The molecule has 2 amide bonds. The van der Waals surface area contributed by atoms with Crippen LogP contribution in [0.3, 0.4) is 0 Å². The van der Waals surface area contributed by atoms with Crippen LogP contribution in [-0.2, 0) is 24.2 Å². The van der Waals surface area contributed by atoms with E-state index in [4.69, 9.17) is 4.74 Å². The van der Waals surface area contributed by atoms with Gasteiger partial charge in [-0.1, -0.05) is 25.5 Å². The number of ether oxygens (including phenoxy) is 1. The second-order valence-electron chi connectivity index (χ2n) is 23.0. The van der Waals surface area contributed by atoms with Crippen LogP contribution < -0.4 is 4.74 Å². The van der Waals surface area contributed by atoms with Crippen LogP contribution >= 0.6 is 22.7 Å². The van der Waals surface area contributed by atoms with Crippen molar-refractivity contribution in [3.8, 4) is 5.88 Å². The largest absolute Gasteiger partial charge is 0.481 e. The number of pyridine rings is 1. The summed E-state index contributed by atoms with van der Waals surface area (Å²) in [6.07, 6.45) is 10.6. The van der Waals surface area contributed by atoms with Crippen LogP contribution in [0.25, 0.3) is 0 Å². The van der Waals surface area contributed by atoms with Crippen LogP contribution in [0.4, 0.5) is 8.78 Å². The number of nitrogens with zero attached hydrogens (tertiary/aromatic N) is 5. The van der Waals surface area contributed by atoms with Gasteiger partial charge in [-0.3, -0.25) is 14.4 Å². The summed E-state index contributed by atoms with van der Waals surface area (Å²) < 4.78 is 33.8. The van der Waals surface area contributed by atoms with E-state index in [-0.39, 0.29) is 17.6 Å². The molecule has 0 spiro atoms. The smallest absolute Gasteiger partial charge is 0.255 e. The van der Waals surface area contributed by atoms with Crippen LogP contribution in [0.5, 0.6) is 5.88 Å². The first-order valence-corrected chi connectivity index (χ1v) is 28.1. The number of thiophene rings is 2. The van der Waals surface area contributed by atoms with Crippen LogP contribution in [0.15, 0.2) is 28.9 Å². The van der Waals surface area contributed by atoms with E-state index >= 15 is 0 Å². The lowest BCUT2D eigenvalue weighted by molar-refractivity contribution is -0.115. The average Bonchev–Trinajstić information content (AvgIpc) is 3.68. The molecule has 5 aliphatic rings. The number of amides is 2. The molecule has 4 aliphatic heterocycles. The van der Waals surface area contributed by atoms with E-state index in [2.05, 4.69) is 61.5 Å². The lowest BCUT2D eigenvalue weighted by atomic mass is 9.83. The Morgan fingerprint density at radius 1 is 0.704 bits per heavy atom. The molecule has 9 nitrogen and oxygen atoms in total.